The van der Waals surface area contributed by atoms with Crippen molar-refractivity contribution in [2.75, 3.05) is 0 Å². The molecule has 1 aromatic heterocycles. The van der Waals surface area contributed by atoms with Crippen LogP contribution in [0, 0.1) is 0 Å². The lowest BCUT2D eigenvalue weighted by atomic mass is 9.71. The van der Waals surface area contributed by atoms with Crippen molar-refractivity contribution in [1.82, 2.24) is 4.98 Å². The van der Waals surface area contributed by atoms with Crippen LogP contribution in [0.5, 0.6) is 0 Å². The van der Waals surface area contributed by atoms with Crippen LogP contribution in [0.15, 0.2) is 35.4 Å². The average molecular weight is 251 g/mol. The molecule has 0 amide bonds. The van der Waals surface area contributed by atoms with Crippen LogP contribution in [0.25, 0.3) is 10.9 Å². The maximum absolute atomic E-state index is 3.70. The van der Waals surface area contributed by atoms with E-state index in [1.54, 1.807) is 16.7 Å². The summed E-state index contributed by atoms with van der Waals surface area (Å²) in [7, 11) is 0. The molecule has 0 radical (unpaired) electrons. The molecular weight excluding hydrogens is 230 g/mol. The standard InChI is InChI=1S/C18H21N/c1-11-13-7-3-4-8-14(13)12(2)18-17(11)15-9-5-6-10-16(15)19-18/h5-6,9-12,19H,3-4,7-8H2,1-2H3. The van der Waals surface area contributed by atoms with Crippen molar-refractivity contribution in [1.29, 1.82) is 0 Å². The second-order valence-electron chi connectivity index (χ2n) is 6.20. The van der Waals surface area contributed by atoms with Gasteiger partial charge in [-0.1, -0.05) is 43.2 Å². The Labute approximate surface area is 114 Å². The highest BCUT2D eigenvalue weighted by molar-refractivity contribution is 5.86. The van der Waals surface area contributed by atoms with Gasteiger partial charge in [0.1, 0.15) is 0 Å². The van der Waals surface area contributed by atoms with E-state index in [1.165, 1.54) is 42.3 Å². The Morgan fingerprint density at radius 1 is 0.947 bits per heavy atom. The third-order valence-electron chi connectivity index (χ3n) is 5.24. The van der Waals surface area contributed by atoms with Gasteiger partial charge in [0, 0.05) is 28.4 Å². The number of aromatic nitrogens is 1. The summed E-state index contributed by atoms with van der Waals surface area (Å²) in [6.45, 7) is 4.80. The van der Waals surface area contributed by atoms with Crippen molar-refractivity contribution in [2.24, 2.45) is 0 Å². The molecule has 2 aromatic rings. The van der Waals surface area contributed by atoms with E-state index in [9.17, 15) is 0 Å². The summed E-state index contributed by atoms with van der Waals surface area (Å²) in [4.78, 5) is 3.70. The van der Waals surface area contributed by atoms with Crippen LogP contribution >= 0.6 is 0 Å². The molecule has 2 aliphatic carbocycles. The van der Waals surface area contributed by atoms with Gasteiger partial charge in [0.25, 0.3) is 0 Å². The lowest BCUT2D eigenvalue weighted by molar-refractivity contribution is 0.573. The van der Waals surface area contributed by atoms with Crippen LogP contribution in [-0.2, 0) is 0 Å². The van der Waals surface area contributed by atoms with Gasteiger partial charge in [-0.05, 0) is 37.3 Å². The van der Waals surface area contributed by atoms with Gasteiger partial charge in [0.15, 0.2) is 0 Å². The molecule has 1 aromatic carbocycles. The fraction of sp³-hybridized carbons (Fsp3) is 0.444. The van der Waals surface area contributed by atoms with Gasteiger partial charge in [0.2, 0.25) is 0 Å². The zero-order valence-corrected chi connectivity index (χ0v) is 11.8. The number of nitrogens with one attached hydrogen (secondary N) is 1. The van der Waals surface area contributed by atoms with Gasteiger partial charge >= 0.3 is 0 Å². The summed E-state index contributed by atoms with van der Waals surface area (Å²) >= 11 is 0. The minimum atomic E-state index is 0.592. The monoisotopic (exact) mass is 251 g/mol. The third-order valence-corrected chi connectivity index (χ3v) is 5.24. The molecule has 0 aliphatic heterocycles. The van der Waals surface area contributed by atoms with Gasteiger partial charge < -0.3 is 4.98 Å². The van der Waals surface area contributed by atoms with E-state index in [0.29, 0.717) is 11.8 Å². The van der Waals surface area contributed by atoms with Crippen molar-refractivity contribution in [3.8, 4) is 0 Å². The lowest BCUT2D eigenvalue weighted by Gasteiger charge is -2.34. The highest BCUT2D eigenvalue weighted by Gasteiger charge is 2.33. The number of hydrogen-bond acceptors (Lipinski definition) is 0. The van der Waals surface area contributed by atoms with Gasteiger partial charge in [0.05, 0.1) is 0 Å². The second-order valence-corrected chi connectivity index (χ2v) is 6.20. The van der Waals surface area contributed by atoms with Crippen LogP contribution in [-0.4, -0.2) is 4.98 Å². The van der Waals surface area contributed by atoms with Crippen molar-refractivity contribution in [3.05, 3.63) is 46.7 Å². The van der Waals surface area contributed by atoms with Gasteiger partial charge in [-0.2, -0.15) is 0 Å². The molecule has 0 saturated carbocycles. The molecule has 0 bridgehead atoms. The summed E-state index contributed by atoms with van der Waals surface area (Å²) in [5.74, 6) is 1.20. The molecule has 2 atom stereocenters. The summed E-state index contributed by atoms with van der Waals surface area (Å²) in [6.07, 6.45) is 5.40. The van der Waals surface area contributed by atoms with Gasteiger partial charge in [-0.15, -0.1) is 0 Å². The predicted octanol–water partition coefficient (Wildman–Crippen LogP) is 5.26. The van der Waals surface area contributed by atoms with Gasteiger partial charge in [-0.3, -0.25) is 0 Å². The second kappa shape index (κ2) is 4.00. The lowest BCUT2D eigenvalue weighted by Crippen LogP contribution is -2.18. The number of rotatable bonds is 0. The molecular formula is C18H21N. The molecule has 1 heteroatoms. The smallest absolute Gasteiger partial charge is 0.0459 e. The molecule has 98 valence electrons. The number of fused-ring (bicyclic) bond motifs is 3. The summed E-state index contributed by atoms with van der Waals surface area (Å²) in [5.41, 5.74) is 7.85. The molecule has 2 aliphatic rings. The molecule has 0 saturated heterocycles. The van der Waals surface area contributed by atoms with E-state index >= 15 is 0 Å². The molecule has 0 fully saturated rings. The molecule has 4 rings (SSSR count). The Kier molecular flexibility index (Phi) is 2.38. The zero-order valence-electron chi connectivity index (χ0n) is 11.8. The van der Waals surface area contributed by atoms with Crippen molar-refractivity contribution >= 4 is 10.9 Å². The van der Waals surface area contributed by atoms with Crippen LogP contribution in [0.3, 0.4) is 0 Å². The number of hydrogen-bond donors (Lipinski definition) is 1. The predicted molar refractivity (Wildman–Crippen MR) is 80.6 cm³/mol. The fourth-order valence-electron chi connectivity index (χ4n) is 4.28. The van der Waals surface area contributed by atoms with Crippen LogP contribution in [0.4, 0.5) is 0 Å². The van der Waals surface area contributed by atoms with Crippen molar-refractivity contribution in [3.63, 3.8) is 0 Å². The van der Waals surface area contributed by atoms with Crippen LogP contribution in [0.2, 0.25) is 0 Å². The Balaban J connectivity index is 1.98. The van der Waals surface area contributed by atoms with E-state index < -0.39 is 0 Å². The van der Waals surface area contributed by atoms with E-state index in [2.05, 4.69) is 43.1 Å². The first-order chi connectivity index (χ1) is 9.27. The molecule has 19 heavy (non-hydrogen) atoms. The maximum Gasteiger partial charge on any atom is 0.0459 e. The topological polar surface area (TPSA) is 15.8 Å². The molecule has 1 N–H and O–H groups in total. The number of allylic oxidation sites excluding steroid dienone is 2. The van der Waals surface area contributed by atoms with Crippen molar-refractivity contribution < 1.29 is 0 Å². The SMILES string of the molecule is CC1C2=C(CCCC2)C(C)c2c1[nH]c1ccccc21. The van der Waals surface area contributed by atoms with E-state index in [1.807, 2.05) is 0 Å². The van der Waals surface area contributed by atoms with Crippen LogP contribution in [0.1, 0.15) is 62.6 Å². The third kappa shape index (κ3) is 1.47. The zero-order chi connectivity index (χ0) is 13.0. The first-order valence-corrected chi connectivity index (χ1v) is 7.59. The summed E-state index contributed by atoms with van der Waals surface area (Å²) in [5, 5.41) is 1.44. The van der Waals surface area contributed by atoms with Gasteiger partial charge in [-0.25, -0.2) is 0 Å². The Morgan fingerprint density at radius 2 is 1.63 bits per heavy atom. The first-order valence-electron chi connectivity index (χ1n) is 7.59. The van der Waals surface area contributed by atoms with E-state index in [-0.39, 0.29) is 0 Å². The highest BCUT2D eigenvalue weighted by atomic mass is 14.7. The summed E-state index contributed by atoms with van der Waals surface area (Å²) in [6, 6.07) is 8.79. The van der Waals surface area contributed by atoms with E-state index in [4.69, 9.17) is 0 Å². The molecule has 1 heterocycles. The maximum atomic E-state index is 3.70. The number of benzene rings is 1. The normalized spacial score (nSPS) is 26.4. The number of aromatic amines is 1. The Bertz CT molecular complexity index is 674. The summed E-state index contributed by atoms with van der Waals surface area (Å²) < 4.78 is 0. The fourth-order valence-corrected chi connectivity index (χ4v) is 4.28. The van der Waals surface area contributed by atoms with Crippen LogP contribution < -0.4 is 0 Å². The number of H-pyrrole nitrogens is 1. The highest BCUT2D eigenvalue weighted by Crippen LogP contribution is 2.49. The van der Waals surface area contributed by atoms with E-state index in [0.717, 1.165) is 0 Å². The quantitative estimate of drug-likeness (QED) is 0.615. The first kappa shape index (κ1) is 11.3. The minimum Gasteiger partial charge on any atom is -0.358 e. The van der Waals surface area contributed by atoms with Crippen molar-refractivity contribution in [2.45, 2.75) is 51.4 Å². The Morgan fingerprint density at radius 3 is 2.42 bits per heavy atom. The molecule has 2 unspecified atom stereocenters. The minimum absolute atomic E-state index is 0.592. The largest absolute Gasteiger partial charge is 0.358 e. The molecule has 1 nitrogen and oxygen atoms in total. The number of para-hydroxylation sites is 1. The molecule has 0 spiro atoms. The Hall–Kier alpha value is -1.50. The average Bonchev–Trinajstić information content (AvgIpc) is 2.84.